The van der Waals surface area contributed by atoms with Crippen LogP contribution in [-0.4, -0.2) is 59.6 Å². The van der Waals surface area contributed by atoms with Gasteiger partial charge in [0.15, 0.2) is 0 Å². The third-order valence-corrected chi connectivity index (χ3v) is 9.33. The summed E-state index contributed by atoms with van der Waals surface area (Å²) in [7, 11) is -3.80. The quantitative estimate of drug-likeness (QED) is 0.297. The summed E-state index contributed by atoms with van der Waals surface area (Å²) in [4.78, 5) is 29.9. The molecular weight excluding hydrogens is 500 g/mol. The highest BCUT2D eigenvalue weighted by Crippen LogP contribution is 2.38. The minimum atomic E-state index is -3.80. The number of amides is 1. The van der Waals surface area contributed by atoms with Crippen molar-refractivity contribution in [2.45, 2.75) is 4.90 Å². The van der Waals surface area contributed by atoms with Crippen molar-refractivity contribution >= 4 is 65.5 Å². The summed E-state index contributed by atoms with van der Waals surface area (Å²) in [5.74, 6) is -0.322. The van der Waals surface area contributed by atoms with E-state index in [0.717, 1.165) is 16.7 Å². The van der Waals surface area contributed by atoms with Gasteiger partial charge in [-0.25, -0.2) is 8.42 Å². The number of non-ortho nitro benzene ring substituents is 1. The number of hydrogen-bond donors (Lipinski definition) is 0. The number of carbonyl (C=O) groups is 1. The van der Waals surface area contributed by atoms with Crippen molar-refractivity contribution in [2.75, 3.05) is 26.2 Å². The number of aromatic nitrogens is 1. The lowest BCUT2D eigenvalue weighted by molar-refractivity contribution is -0.384. The Bertz CT molecular complexity index is 1560. The van der Waals surface area contributed by atoms with E-state index in [1.54, 1.807) is 41.4 Å². The summed E-state index contributed by atoms with van der Waals surface area (Å²) in [6.45, 7) is 0.651. The van der Waals surface area contributed by atoms with Crippen LogP contribution in [0, 0.1) is 10.1 Å². The molecule has 2 aromatic heterocycles. The maximum atomic E-state index is 13.3. The summed E-state index contributed by atoms with van der Waals surface area (Å²) >= 11 is 7.51. The molecule has 0 bridgehead atoms. The third-order valence-electron chi connectivity index (χ3n) is 5.76. The number of nitro groups is 1. The molecule has 34 heavy (non-hydrogen) atoms. The number of thiophene rings is 1. The summed E-state index contributed by atoms with van der Waals surface area (Å²) in [5.41, 5.74) is 0.334. The smallest absolute Gasteiger partial charge is 0.270 e. The number of sulfonamides is 1. The van der Waals surface area contributed by atoms with Crippen LogP contribution in [0.5, 0.6) is 0 Å². The summed E-state index contributed by atoms with van der Waals surface area (Å²) in [5, 5.41) is 12.6. The van der Waals surface area contributed by atoms with Crippen LogP contribution in [0.4, 0.5) is 5.69 Å². The van der Waals surface area contributed by atoms with Crippen molar-refractivity contribution in [1.82, 2.24) is 14.2 Å². The first kappa shape index (κ1) is 22.7. The minimum absolute atomic E-state index is 0.0776. The number of benzene rings is 2. The number of piperazine rings is 1. The number of pyridine rings is 1. The molecule has 4 aromatic rings. The average Bonchev–Trinajstić information content (AvgIpc) is 3.19. The molecule has 2 aromatic carbocycles. The Hall–Kier alpha value is -3.12. The van der Waals surface area contributed by atoms with Crippen LogP contribution in [-0.2, 0) is 10.0 Å². The van der Waals surface area contributed by atoms with E-state index in [2.05, 4.69) is 4.98 Å². The average molecular weight is 517 g/mol. The van der Waals surface area contributed by atoms with Crippen LogP contribution in [0.2, 0.25) is 5.02 Å². The van der Waals surface area contributed by atoms with Crippen LogP contribution >= 0.6 is 22.9 Å². The van der Waals surface area contributed by atoms with E-state index >= 15 is 0 Å². The molecule has 1 saturated heterocycles. The molecule has 12 heteroatoms. The van der Waals surface area contributed by atoms with Gasteiger partial charge >= 0.3 is 0 Å². The fraction of sp³-hybridized carbons (Fsp3) is 0.182. The third kappa shape index (κ3) is 3.80. The zero-order valence-corrected chi connectivity index (χ0v) is 19.9. The monoisotopic (exact) mass is 516 g/mol. The summed E-state index contributed by atoms with van der Waals surface area (Å²) in [6.07, 6.45) is 1.56. The van der Waals surface area contributed by atoms with Crippen LogP contribution in [0.3, 0.4) is 0 Å². The van der Waals surface area contributed by atoms with Crippen molar-refractivity contribution in [3.8, 4) is 0 Å². The van der Waals surface area contributed by atoms with E-state index in [9.17, 15) is 23.3 Å². The van der Waals surface area contributed by atoms with Gasteiger partial charge in [-0.2, -0.15) is 4.31 Å². The van der Waals surface area contributed by atoms with Gasteiger partial charge in [0, 0.05) is 60.0 Å². The molecule has 1 amide bonds. The highest BCUT2D eigenvalue weighted by Gasteiger charge is 2.33. The van der Waals surface area contributed by atoms with Gasteiger partial charge in [-0.15, -0.1) is 11.3 Å². The number of halogens is 1. The molecular formula is C22H17ClN4O5S2. The largest absolute Gasteiger partial charge is 0.335 e. The molecule has 3 heterocycles. The molecule has 0 aliphatic carbocycles. The molecule has 1 aliphatic rings. The molecule has 0 atom stereocenters. The highest BCUT2D eigenvalue weighted by molar-refractivity contribution is 7.89. The molecule has 5 rings (SSSR count). The number of carbonyl (C=O) groups excluding carboxylic acids is 1. The Morgan fingerprint density at radius 3 is 2.56 bits per heavy atom. The SMILES string of the molecule is O=C(c1sc2cc([N+](=O)[O-])ccc2c1Cl)N1CCN(S(=O)(=O)c2cccc3cccnc23)CC1. The zero-order chi connectivity index (χ0) is 24.0. The Morgan fingerprint density at radius 1 is 1.09 bits per heavy atom. The summed E-state index contributed by atoms with van der Waals surface area (Å²) in [6, 6.07) is 12.9. The second-order valence-electron chi connectivity index (χ2n) is 7.71. The molecule has 0 radical (unpaired) electrons. The Kier molecular flexibility index (Phi) is 5.72. The second kappa shape index (κ2) is 8.58. The molecule has 0 N–H and O–H groups in total. The number of hydrogen-bond acceptors (Lipinski definition) is 7. The van der Waals surface area contributed by atoms with E-state index in [4.69, 9.17) is 11.6 Å². The maximum absolute atomic E-state index is 13.3. The number of fused-ring (bicyclic) bond motifs is 2. The van der Waals surface area contributed by atoms with Crippen molar-refractivity contribution in [2.24, 2.45) is 0 Å². The highest BCUT2D eigenvalue weighted by atomic mass is 35.5. The van der Waals surface area contributed by atoms with Gasteiger partial charge < -0.3 is 4.90 Å². The maximum Gasteiger partial charge on any atom is 0.270 e. The number of rotatable bonds is 4. The van der Waals surface area contributed by atoms with Crippen molar-refractivity contribution in [1.29, 1.82) is 0 Å². The van der Waals surface area contributed by atoms with Crippen molar-refractivity contribution < 1.29 is 18.1 Å². The van der Waals surface area contributed by atoms with E-state index in [1.165, 1.54) is 22.5 Å². The minimum Gasteiger partial charge on any atom is -0.335 e. The van der Waals surface area contributed by atoms with Gasteiger partial charge in [0.1, 0.15) is 9.77 Å². The lowest BCUT2D eigenvalue weighted by atomic mass is 10.2. The van der Waals surface area contributed by atoms with Crippen molar-refractivity contribution in [3.05, 3.63) is 74.7 Å². The Balaban J connectivity index is 1.36. The van der Waals surface area contributed by atoms with Gasteiger partial charge in [0.25, 0.3) is 11.6 Å². The van der Waals surface area contributed by atoms with E-state index in [0.29, 0.717) is 15.6 Å². The molecule has 0 saturated carbocycles. The fourth-order valence-corrected chi connectivity index (χ4v) is 7.10. The Labute approximate surface area is 203 Å². The standard InChI is InChI=1S/C22H17ClN4O5S2/c23-19-16-7-6-15(27(29)30)13-17(16)33-21(19)22(28)25-9-11-26(12-10-25)34(31,32)18-5-1-3-14-4-2-8-24-20(14)18/h1-8,13H,9-12H2. The van der Waals surface area contributed by atoms with Gasteiger partial charge in [0.2, 0.25) is 10.0 Å². The molecule has 9 nitrogen and oxygen atoms in total. The molecule has 174 valence electrons. The van der Waals surface area contributed by atoms with Crippen LogP contribution in [0.1, 0.15) is 9.67 Å². The van der Waals surface area contributed by atoms with Gasteiger partial charge in [-0.3, -0.25) is 19.9 Å². The lowest BCUT2D eigenvalue weighted by Gasteiger charge is -2.34. The van der Waals surface area contributed by atoms with E-state index in [1.807, 2.05) is 0 Å². The molecule has 0 spiro atoms. The number of nitrogens with zero attached hydrogens (tertiary/aromatic N) is 4. The van der Waals surface area contributed by atoms with Gasteiger partial charge in [0.05, 0.1) is 15.5 Å². The van der Waals surface area contributed by atoms with Crippen LogP contribution < -0.4 is 0 Å². The molecule has 1 fully saturated rings. The van der Waals surface area contributed by atoms with Crippen LogP contribution in [0.15, 0.2) is 59.6 Å². The normalized spacial score (nSPS) is 15.1. The second-order valence-corrected chi connectivity index (χ2v) is 11.0. The number of para-hydroxylation sites is 1. The first-order valence-corrected chi connectivity index (χ1v) is 12.9. The first-order valence-electron chi connectivity index (χ1n) is 10.3. The zero-order valence-electron chi connectivity index (χ0n) is 17.5. The van der Waals surface area contributed by atoms with Gasteiger partial charge in [-0.1, -0.05) is 29.8 Å². The van der Waals surface area contributed by atoms with Crippen molar-refractivity contribution in [3.63, 3.8) is 0 Å². The number of nitro benzene ring substituents is 1. The predicted molar refractivity (Wildman–Crippen MR) is 130 cm³/mol. The van der Waals surface area contributed by atoms with Gasteiger partial charge in [-0.05, 0) is 18.2 Å². The Morgan fingerprint density at radius 2 is 1.82 bits per heavy atom. The fourth-order valence-electron chi connectivity index (χ4n) is 4.00. The van der Waals surface area contributed by atoms with E-state index < -0.39 is 14.9 Å². The molecule has 1 aliphatic heterocycles. The van der Waals surface area contributed by atoms with E-state index in [-0.39, 0.29) is 52.6 Å². The molecule has 0 unspecified atom stereocenters. The predicted octanol–water partition coefficient (Wildman–Crippen LogP) is 4.16. The van der Waals surface area contributed by atoms with Crippen LogP contribution in [0.25, 0.3) is 21.0 Å². The summed E-state index contributed by atoms with van der Waals surface area (Å²) < 4.78 is 28.5. The first-order chi connectivity index (χ1) is 16.3. The topological polar surface area (TPSA) is 114 Å². The lowest BCUT2D eigenvalue weighted by Crippen LogP contribution is -2.50.